The van der Waals surface area contributed by atoms with Crippen molar-refractivity contribution >= 4 is 11.8 Å². The maximum Gasteiger partial charge on any atom is 0.255 e. The molecule has 2 heterocycles. The smallest absolute Gasteiger partial charge is 0.255 e. The summed E-state index contributed by atoms with van der Waals surface area (Å²) in [6, 6.07) is 17.9. The molecule has 3 aliphatic rings. The summed E-state index contributed by atoms with van der Waals surface area (Å²) in [4.78, 5) is 30.0. The van der Waals surface area contributed by atoms with Gasteiger partial charge in [-0.05, 0) is 61.2 Å². The Morgan fingerprint density at radius 3 is 2.31 bits per heavy atom. The molecule has 8 heteroatoms. The second kappa shape index (κ2) is 10.9. The van der Waals surface area contributed by atoms with Crippen molar-refractivity contribution in [1.29, 1.82) is 0 Å². The molecule has 2 aliphatic heterocycles. The standard InChI is InChI=1S/C31H32N2O6/c1-20-6-9-22(10-7-20)29(30(34)32-18-21-8-12-26-27(16-21)39-19-38-26)33(24-4-2-3-5-24)31(35)23-11-13-25-28(17-23)37-15-14-36-25/h6-13,16-17,24,29H,2-5,14-15,18-19H2,1H3,(H,32,34)/t29-/m1/s1. The highest BCUT2D eigenvalue weighted by molar-refractivity contribution is 5.98. The van der Waals surface area contributed by atoms with Gasteiger partial charge in [0.1, 0.15) is 19.3 Å². The van der Waals surface area contributed by atoms with E-state index in [1.807, 2.05) is 49.4 Å². The largest absolute Gasteiger partial charge is 0.486 e. The molecule has 8 nitrogen and oxygen atoms in total. The van der Waals surface area contributed by atoms with Crippen LogP contribution in [0.2, 0.25) is 0 Å². The minimum absolute atomic E-state index is 0.0479. The molecular formula is C31H32N2O6. The first-order chi connectivity index (χ1) is 19.1. The summed E-state index contributed by atoms with van der Waals surface area (Å²) in [7, 11) is 0. The maximum atomic E-state index is 14.2. The van der Waals surface area contributed by atoms with Crippen molar-refractivity contribution in [2.45, 2.75) is 51.2 Å². The van der Waals surface area contributed by atoms with Gasteiger partial charge >= 0.3 is 0 Å². The fraction of sp³-hybridized carbons (Fsp3) is 0.355. The van der Waals surface area contributed by atoms with Crippen LogP contribution in [0.1, 0.15) is 58.8 Å². The third-order valence-corrected chi connectivity index (χ3v) is 7.57. The molecule has 1 fully saturated rings. The Bertz CT molecular complexity index is 1370. The monoisotopic (exact) mass is 528 g/mol. The summed E-state index contributed by atoms with van der Waals surface area (Å²) in [5, 5.41) is 3.09. The molecule has 202 valence electrons. The van der Waals surface area contributed by atoms with Crippen LogP contribution in [0.3, 0.4) is 0 Å². The van der Waals surface area contributed by atoms with Crippen molar-refractivity contribution in [2.24, 2.45) is 0 Å². The average Bonchev–Trinajstić information content (AvgIpc) is 3.67. The lowest BCUT2D eigenvalue weighted by atomic mass is 9.98. The van der Waals surface area contributed by atoms with Gasteiger partial charge in [-0.1, -0.05) is 48.7 Å². The number of hydrogen-bond donors (Lipinski definition) is 1. The minimum atomic E-state index is -0.789. The van der Waals surface area contributed by atoms with Gasteiger partial charge in [-0.2, -0.15) is 0 Å². The fourth-order valence-corrected chi connectivity index (χ4v) is 5.53. The van der Waals surface area contributed by atoms with Crippen LogP contribution in [0.4, 0.5) is 0 Å². The molecule has 0 aromatic heterocycles. The molecule has 0 saturated heterocycles. The molecule has 0 spiro atoms. The molecule has 2 amide bonds. The zero-order chi connectivity index (χ0) is 26.8. The Kier molecular flexibility index (Phi) is 7.00. The van der Waals surface area contributed by atoms with Crippen LogP contribution in [0.15, 0.2) is 60.7 Å². The highest BCUT2D eigenvalue weighted by Crippen LogP contribution is 2.36. The molecule has 1 saturated carbocycles. The molecular weight excluding hydrogens is 496 g/mol. The van der Waals surface area contributed by atoms with Gasteiger partial charge in [-0.3, -0.25) is 9.59 Å². The quantitative estimate of drug-likeness (QED) is 0.468. The van der Waals surface area contributed by atoms with E-state index in [-0.39, 0.29) is 24.6 Å². The average molecular weight is 529 g/mol. The number of hydrogen-bond acceptors (Lipinski definition) is 6. The van der Waals surface area contributed by atoms with Crippen LogP contribution in [-0.2, 0) is 11.3 Å². The summed E-state index contributed by atoms with van der Waals surface area (Å²) < 4.78 is 22.3. The van der Waals surface area contributed by atoms with Crippen LogP contribution in [0.5, 0.6) is 23.0 Å². The van der Waals surface area contributed by atoms with Gasteiger partial charge in [0.2, 0.25) is 12.7 Å². The Labute approximate surface area is 227 Å². The first-order valence-electron chi connectivity index (χ1n) is 13.5. The number of benzene rings is 3. The zero-order valence-electron chi connectivity index (χ0n) is 22.0. The second-order valence-corrected chi connectivity index (χ2v) is 10.2. The van der Waals surface area contributed by atoms with Crippen molar-refractivity contribution in [1.82, 2.24) is 10.2 Å². The molecule has 0 radical (unpaired) electrons. The van der Waals surface area contributed by atoms with E-state index in [4.69, 9.17) is 18.9 Å². The topological polar surface area (TPSA) is 86.3 Å². The van der Waals surface area contributed by atoms with Crippen molar-refractivity contribution in [2.75, 3.05) is 20.0 Å². The lowest BCUT2D eigenvalue weighted by Gasteiger charge is -2.36. The number of ether oxygens (including phenoxy) is 4. The summed E-state index contributed by atoms with van der Waals surface area (Å²) in [6.45, 7) is 3.42. The minimum Gasteiger partial charge on any atom is -0.486 e. The Morgan fingerprint density at radius 2 is 1.51 bits per heavy atom. The van der Waals surface area contributed by atoms with E-state index in [9.17, 15) is 9.59 Å². The molecule has 1 atom stereocenters. The number of nitrogens with one attached hydrogen (secondary N) is 1. The highest BCUT2D eigenvalue weighted by atomic mass is 16.7. The lowest BCUT2D eigenvalue weighted by Crippen LogP contribution is -2.48. The normalized spacial score (nSPS) is 16.5. The van der Waals surface area contributed by atoms with Crippen molar-refractivity contribution in [3.63, 3.8) is 0 Å². The third-order valence-electron chi connectivity index (χ3n) is 7.57. The van der Waals surface area contributed by atoms with Crippen molar-refractivity contribution < 1.29 is 28.5 Å². The number of fused-ring (bicyclic) bond motifs is 2. The van der Waals surface area contributed by atoms with E-state index in [1.54, 1.807) is 23.1 Å². The van der Waals surface area contributed by atoms with E-state index in [1.165, 1.54) is 0 Å². The van der Waals surface area contributed by atoms with E-state index in [2.05, 4.69) is 5.32 Å². The van der Waals surface area contributed by atoms with Crippen LogP contribution in [-0.4, -0.2) is 42.8 Å². The summed E-state index contributed by atoms with van der Waals surface area (Å²) in [5.74, 6) is 2.12. The van der Waals surface area contributed by atoms with E-state index < -0.39 is 6.04 Å². The zero-order valence-corrected chi connectivity index (χ0v) is 22.0. The summed E-state index contributed by atoms with van der Waals surface area (Å²) >= 11 is 0. The molecule has 1 N–H and O–H groups in total. The van der Waals surface area contributed by atoms with Crippen LogP contribution < -0.4 is 24.3 Å². The summed E-state index contributed by atoms with van der Waals surface area (Å²) in [5.41, 5.74) is 3.23. The fourth-order valence-electron chi connectivity index (χ4n) is 5.53. The van der Waals surface area contributed by atoms with Crippen molar-refractivity contribution in [3.8, 4) is 23.0 Å². The Morgan fingerprint density at radius 1 is 0.846 bits per heavy atom. The van der Waals surface area contributed by atoms with E-state index >= 15 is 0 Å². The van der Waals surface area contributed by atoms with Crippen LogP contribution >= 0.6 is 0 Å². The number of nitrogens with zero attached hydrogens (tertiary/aromatic N) is 1. The Balaban J connectivity index is 1.33. The van der Waals surface area contributed by atoms with Gasteiger partial charge in [-0.25, -0.2) is 0 Å². The predicted octanol–water partition coefficient (Wildman–Crippen LogP) is 4.94. The van der Waals surface area contributed by atoms with Gasteiger partial charge < -0.3 is 29.2 Å². The first kappa shape index (κ1) is 25.1. The molecule has 6 rings (SSSR count). The van der Waals surface area contributed by atoms with Crippen molar-refractivity contribution in [3.05, 3.63) is 82.9 Å². The van der Waals surface area contributed by atoms with E-state index in [0.717, 1.165) is 42.4 Å². The highest BCUT2D eigenvalue weighted by Gasteiger charge is 2.38. The predicted molar refractivity (Wildman–Crippen MR) is 144 cm³/mol. The molecule has 0 unspecified atom stereocenters. The van der Waals surface area contributed by atoms with Gasteiger partial charge in [-0.15, -0.1) is 0 Å². The lowest BCUT2D eigenvalue weighted by molar-refractivity contribution is -0.126. The molecule has 1 aliphatic carbocycles. The SMILES string of the molecule is Cc1ccc([C@H](C(=O)NCc2ccc3c(c2)OCO3)N(C(=O)c2ccc3c(c2)OCCO3)C2CCCC2)cc1. The number of aryl methyl sites for hydroxylation is 1. The molecule has 0 bridgehead atoms. The van der Waals surface area contributed by atoms with Gasteiger partial charge in [0.05, 0.1) is 0 Å². The number of amides is 2. The third kappa shape index (κ3) is 5.24. The number of carbonyl (C=O) groups excluding carboxylic acids is 2. The van der Waals surface area contributed by atoms with Crippen LogP contribution in [0.25, 0.3) is 0 Å². The Hall–Kier alpha value is -4.20. The number of carbonyl (C=O) groups is 2. The molecule has 3 aromatic rings. The first-order valence-corrected chi connectivity index (χ1v) is 13.5. The van der Waals surface area contributed by atoms with Gasteiger partial charge in [0.25, 0.3) is 5.91 Å². The van der Waals surface area contributed by atoms with Gasteiger partial charge in [0, 0.05) is 18.2 Å². The number of rotatable bonds is 7. The maximum absolute atomic E-state index is 14.2. The summed E-state index contributed by atoms with van der Waals surface area (Å²) in [6.07, 6.45) is 3.76. The van der Waals surface area contributed by atoms with E-state index in [0.29, 0.717) is 48.3 Å². The molecule has 39 heavy (non-hydrogen) atoms. The van der Waals surface area contributed by atoms with Crippen LogP contribution in [0, 0.1) is 6.92 Å². The second-order valence-electron chi connectivity index (χ2n) is 10.2. The van der Waals surface area contributed by atoms with Gasteiger partial charge in [0.15, 0.2) is 23.0 Å². The molecule has 3 aromatic carbocycles.